The molecule has 1 aliphatic rings. The number of para-hydroxylation sites is 1. The van der Waals surface area contributed by atoms with E-state index < -0.39 is 0 Å². The summed E-state index contributed by atoms with van der Waals surface area (Å²) in [5, 5.41) is 8.64. The third-order valence-electron chi connectivity index (χ3n) is 3.23. The van der Waals surface area contributed by atoms with Gasteiger partial charge < -0.3 is 5.73 Å². The molecule has 0 bridgehead atoms. The second kappa shape index (κ2) is 3.88. The number of aromatic nitrogens is 2. The normalized spacial score (nSPS) is 21.9. The van der Waals surface area contributed by atoms with E-state index in [-0.39, 0.29) is 0 Å². The van der Waals surface area contributed by atoms with E-state index in [9.17, 15) is 0 Å². The van der Waals surface area contributed by atoms with Crippen LogP contribution >= 0.6 is 0 Å². The van der Waals surface area contributed by atoms with Crippen molar-refractivity contribution >= 4 is 10.9 Å². The summed E-state index contributed by atoms with van der Waals surface area (Å²) in [7, 11) is 0. The predicted octanol–water partition coefficient (Wildman–Crippen LogP) is 1.10. The molecule has 1 fully saturated rings. The third kappa shape index (κ3) is 1.70. The highest BCUT2D eigenvalue weighted by atomic mass is 15.2. The van der Waals surface area contributed by atoms with Crippen LogP contribution in [0.25, 0.3) is 10.9 Å². The van der Waals surface area contributed by atoms with Crippen LogP contribution in [0.5, 0.6) is 0 Å². The highest BCUT2D eigenvalue weighted by Crippen LogP contribution is 2.18. The van der Waals surface area contributed by atoms with Gasteiger partial charge in [-0.15, -0.1) is 0 Å². The molecule has 16 heavy (non-hydrogen) atoms. The smallest absolute Gasteiger partial charge is 0.0924 e. The third-order valence-corrected chi connectivity index (χ3v) is 3.23. The highest BCUT2D eigenvalue weighted by Gasteiger charge is 2.20. The van der Waals surface area contributed by atoms with Gasteiger partial charge in [-0.3, -0.25) is 10.00 Å². The number of benzene rings is 1. The van der Waals surface area contributed by atoms with E-state index in [2.05, 4.69) is 27.2 Å². The van der Waals surface area contributed by atoms with Crippen LogP contribution in [0.1, 0.15) is 12.1 Å². The van der Waals surface area contributed by atoms with Crippen molar-refractivity contribution in [1.29, 1.82) is 0 Å². The van der Waals surface area contributed by atoms with E-state index in [1.807, 2.05) is 12.1 Å². The standard InChI is InChI=1S/C12H16N4/c13-9-5-6-16(7-9)8-12-10-3-1-2-4-11(10)14-15-12/h1-4,9H,5-8,13H2,(H,14,15). The van der Waals surface area contributed by atoms with Gasteiger partial charge in [0.25, 0.3) is 0 Å². The van der Waals surface area contributed by atoms with Crippen LogP contribution in [0.3, 0.4) is 0 Å². The van der Waals surface area contributed by atoms with E-state index in [4.69, 9.17) is 5.73 Å². The maximum absolute atomic E-state index is 5.90. The van der Waals surface area contributed by atoms with Gasteiger partial charge in [0.2, 0.25) is 0 Å². The number of H-pyrrole nitrogens is 1. The average Bonchev–Trinajstić information content (AvgIpc) is 2.87. The molecule has 1 aromatic carbocycles. The van der Waals surface area contributed by atoms with E-state index in [0.717, 1.165) is 31.6 Å². The maximum atomic E-state index is 5.90. The number of aromatic amines is 1. The molecule has 0 aliphatic carbocycles. The van der Waals surface area contributed by atoms with Gasteiger partial charge >= 0.3 is 0 Å². The molecule has 4 heteroatoms. The van der Waals surface area contributed by atoms with Crippen molar-refractivity contribution in [3.8, 4) is 0 Å². The van der Waals surface area contributed by atoms with Crippen molar-refractivity contribution in [2.24, 2.45) is 5.73 Å². The lowest BCUT2D eigenvalue weighted by atomic mass is 10.2. The Balaban J connectivity index is 1.84. The van der Waals surface area contributed by atoms with E-state index in [1.54, 1.807) is 0 Å². The molecule has 1 aromatic heterocycles. The number of nitrogens with two attached hydrogens (primary N) is 1. The van der Waals surface area contributed by atoms with Crippen LogP contribution in [0.4, 0.5) is 0 Å². The summed E-state index contributed by atoms with van der Waals surface area (Å²) in [5.74, 6) is 0. The van der Waals surface area contributed by atoms with Crippen LogP contribution in [0.2, 0.25) is 0 Å². The molecule has 1 aliphatic heterocycles. The van der Waals surface area contributed by atoms with Gasteiger partial charge in [0.1, 0.15) is 0 Å². The van der Waals surface area contributed by atoms with Crippen molar-refractivity contribution in [2.75, 3.05) is 13.1 Å². The summed E-state index contributed by atoms with van der Waals surface area (Å²) in [4.78, 5) is 2.38. The van der Waals surface area contributed by atoms with E-state index in [0.29, 0.717) is 6.04 Å². The zero-order chi connectivity index (χ0) is 11.0. The lowest BCUT2D eigenvalue weighted by Gasteiger charge is -2.13. The van der Waals surface area contributed by atoms with Gasteiger partial charge in [-0.25, -0.2) is 0 Å². The minimum absolute atomic E-state index is 0.342. The Morgan fingerprint density at radius 3 is 3.12 bits per heavy atom. The molecule has 0 spiro atoms. The van der Waals surface area contributed by atoms with Gasteiger partial charge in [-0.1, -0.05) is 18.2 Å². The van der Waals surface area contributed by atoms with Crippen molar-refractivity contribution < 1.29 is 0 Å². The molecule has 1 unspecified atom stereocenters. The minimum atomic E-state index is 0.342. The second-order valence-corrected chi connectivity index (χ2v) is 4.50. The van der Waals surface area contributed by atoms with Crippen LogP contribution in [-0.2, 0) is 6.54 Å². The molecule has 4 nitrogen and oxygen atoms in total. The second-order valence-electron chi connectivity index (χ2n) is 4.50. The molecule has 0 radical (unpaired) electrons. The Hall–Kier alpha value is -1.39. The summed E-state index contributed by atoms with van der Waals surface area (Å²) < 4.78 is 0. The predicted molar refractivity (Wildman–Crippen MR) is 64.0 cm³/mol. The van der Waals surface area contributed by atoms with Crippen LogP contribution in [0, 0.1) is 0 Å². The number of hydrogen-bond acceptors (Lipinski definition) is 3. The summed E-state index contributed by atoms with van der Waals surface area (Å²) in [6, 6.07) is 8.56. The summed E-state index contributed by atoms with van der Waals surface area (Å²) in [6.45, 7) is 3.01. The Morgan fingerprint density at radius 1 is 1.44 bits per heavy atom. The first-order valence-electron chi connectivity index (χ1n) is 5.73. The molecule has 2 heterocycles. The fraction of sp³-hybridized carbons (Fsp3) is 0.417. The number of likely N-dealkylation sites (tertiary alicyclic amines) is 1. The number of nitrogens with one attached hydrogen (secondary N) is 1. The molecule has 3 rings (SSSR count). The molecule has 1 atom stereocenters. The lowest BCUT2D eigenvalue weighted by molar-refractivity contribution is 0.324. The molecule has 3 N–H and O–H groups in total. The highest BCUT2D eigenvalue weighted by molar-refractivity contribution is 5.81. The van der Waals surface area contributed by atoms with Crippen molar-refractivity contribution in [3.05, 3.63) is 30.0 Å². The maximum Gasteiger partial charge on any atom is 0.0924 e. The largest absolute Gasteiger partial charge is 0.326 e. The van der Waals surface area contributed by atoms with Gasteiger partial charge in [0, 0.05) is 31.1 Å². The number of fused-ring (bicyclic) bond motifs is 1. The number of nitrogens with zero attached hydrogens (tertiary/aromatic N) is 2. The topological polar surface area (TPSA) is 57.9 Å². The number of hydrogen-bond donors (Lipinski definition) is 2. The first-order chi connectivity index (χ1) is 7.83. The van der Waals surface area contributed by atoms with Crippen molar-refractivity contribution in [3.63, 3.8) is 0 Å². The van der Waals surface area contributed by atoms with Gasteiger partial charge in [-0.05, 0) is 12.5 Å². The first kappa shape index (κ1) is 9.81. The molecule has 1 saturated heterocycles. The fourth-order valence-corrected chi connectivity index (χ4v) is 2.36. The zero-order valence-electron chi connectivity index (χ0n) is 9.19. The van der Waals surface area contributed by atoms with E-state index >= 15 is 0 Å². The number of rotatable bonds is 2. The summed E-state index contributed by atoms with van der Waals surface area (Å²) in [5.41, 5.74) is 8.14. The van der Waals surface area contributed by atoms with E-state index in [1.165, 1.54) is 11.1 Å². The summed E-state index contributed by atoms with van der Waals surface area (Å²) in [6.07, 6.45) is 1.10. The Bertz CT molecular complexity index is 490. The molecule has 2 aromatic rings. The fourth-order valence-electron chi connectivity index (χ4n) is 2.36. The van der Waals surface area contributed by atoms with Crippen molar-refractivity contribution in [1.82, 2.24) is 15.1 Å². The Labute approximate surface area is 94.4 Å². The molecule has 0 saturated carbocycles. The first-order valence-corrected chi connectivity index (χ1v) is 5.73. The SMILES string of the molecule is NC1CCN(Cc2[nH]nc3ccccc23)C1. The van der Waals surface area contributed by atoms with Crippen LogP contribution in [-0.4, -0.2) is 34.2 Å². The van der Waals surface area contributed by atoms with Gasteiger partial charge in [0.15, 0.2) is 0 Å². The molecular weight excluding hydrogens is 200 g/mol. The summed E-state index contributed by atoms with van der Waals surface area (Å²) >= 11 is 0. The monoisotopic (exact) mass is 216 g/mol. The molecule has 84 valence electrons. The minimum Gasteiger partial charge on any atom is -0.326 e. The Morgan fingerprint density at radius 2 is 2.31 bits per heavy atom. The van der Waals surface area contributed by atoms with Crippen LogP contribution in [0.15, 0.2) is 24.3 Å². The van der Waals surface area contributed by atoms with Gasteiger partial charge in [-0.2, -0.15) is 5.10 Å². The molecular formula is C12H16N4. The quantitative estimate of drug-likeness (QED) is 0.790. The average molecular weight is 216 g/mol. The van der Waals surface area contributed by atoms with Crippen molar-refractivity contribution in [2.45, 2.75) is 19.0 Å². The zero-order valence-corrected chi connectivity index (χ0v) is 9.19. The lowest BCUT2D eigenvalue weighted by Crippen LogP contribution is -2.26. The Kier molecular flexibility index (Phi) is 2.38. The van der Waals surface area contributed by atoms with Crippen LogP contribution < -0.4 is 5.73 Å². The van der Waals surface area contributed by atoms with Gasteiger partial charge in [0.05, 0.1) is 11.2 Å². The molecule has 0 amide bonds.